The number of hydrogen-bond donors (Lipinski definition) is 2. The van der Waals surface area contributed by atoms with E-state index in [4.69, 9.17) is 0 Å². The Morgan fingerprint density at radius 3 is 2.72 bits per heavy atom. The number of piperazine rings is 1. The van der Waals surface area contributed by atoms with Crippen LogP contribution in [0.4, 0.5) is 16.2 Å². The zero-order valence-corrected chi connectivity index (χ0v) is 21.7. The Hall–Kier alpha value is -3.43. The van der Waals surface area contributed by atoms with Gasteiger partial charge in [0.05, 0.1) is 21.4 Å². The Morgan fingerprint density at radius 1 is 1.11 bits per heavy atom. The maximum Gasteiger partial charge on any atom is 0.320 e. The largest absolute Gasteiger partial charge is 0.355 e. The first-order valence-electron chi connectivity index (χ1n) is 12.5. The molecule has 2 N–H and O–H groups in total. The summed E-state index contributed by atoms with van der Waals surface area (Å²) >= 11 is 1.64. The molecular weight excluding hydrogens is 470 g/mol. The van der Waals surface area contributed by atoms with Gasteiger partial charge in [0.25, 0.3) is 0 Å². The molecule has 6 rings (SSSR count). The van der Waals surface area contributed by atoms with E-state index in [1.807, 2.05) is 33.6 Å². The van der Waals surface area contributed by atoms with E-state index in [0.717, 1.165) is 64.4 Å². The van der Waals surface area contributed by atoms with E-state index in [9.17, 15) is 4.79 Å². The second kappa shape index (κ2) is 9.22. The number of fused-ring (bicyclic) bond motifs is 2. The van der Waals surface area contributed by atoms with Crippen molar-refractivity contribution in [2.75, 3.05) is 38.5 Å². The summed E-state index contributed by atoms with van der Waals surface area (Å²) in [6.45, 7) is 7.30. The van der Waals surface area contributed by atoms with Crippen LogP contribution in [0.5, 0.6) is 0 Å². The summed E-state index contributed by atoms with van der Waals surface area (Å²) < 4.78 is 1.16. The number of H-pyrrole nitrogens is 1. The van der Waals surface area contributed by atoms with Gasteiger partial charge in [-0.1, -0.05) is 6.08 Å². The van der Waals surface area contributed by atoms with Crippen LogP contribution in [0.2, 0.25) is 0 Å². The highest BCUT2D eigenvalue weighted by atomic mass is 32.1. The Bertz CT molecular complexity index is 1440. The fraction of sp³-hybridized carbons (Fsp3) is 0.370. The van der Waals surface area contributed by atoms with Crippen LogP contribution in [0.1, 0.15) is 26.0 Å². The van der Waals surface area contributed by atoms with E-state index in [1.54, 1.807) is 11.3 Å². The number of thiazole rings is 1. The summed E-state index contributed by atoms with van der Waals surface area (Å²) in [7, 11) is 2.14. The Morgan fingerprint density at radius 2 is 1.94 bits per heavy atom. The lowest BCUT2D eigenvalue weighted by Crippen LogP contribution is -2.59. The van der Waals surface area contributed by atoms with Gasteiger partial charge in [-0.05, 0) is 63.2 Å². The molecule has 2 aliphatic heterocycles. The number of amides is 2. The molecule has 0 bridgehead atoms. The first-order valence-corrected chi connectivity index (χ1v) is 13.4. The number of likely N-dealkylation sites (N-methyl/N-ethyl adjacent to an activating group) is 1. The molecule has 8 nitrogen and oxygen atoms in total. The van der Waals surface area contributed by atoms with Gasteiger partial charge in [0.2, 0.25) is 0 Å². The van der Waals surface area contributed by atoms with Crippen molar-refractivity contribution in [2.24, 2.45) is 0 Å². The van der Waals surface area contributed by atoms with Crippen LogP contribution in [0, 0.1) is 0 Å². The van der Waals surface area contributed by atoms with Gasteiger partial charge < -0.3 is 20.1 Å². The quantitative estimate of drug-likeness (QED) is 0.406. The number of nitrogens with zero attached hydrogens (tertiary/aromatic N) is 5. The van der Waals surface area contributed by atoms with Crippen molar-refractivity contribution in [3.63, 3.8) is 0 Å². The Labute approximate surface area is 214 Å². The standard InChI is InChI=1S/C27H31N7OS/c1-17-14-34(15-18(2)32(17)3)27(35)33-10-7-19(8-11-33)24-13-21-22(6-9-28-26(21)31-24)30-20-4-5-23-25(12-20)36-16-29-23/h4-7,9,12-13,16-18H,8,10-11,14-15H2,1-3H3,(H2,28,30,31). The summed E-state index contributed by atoms with van der Waals surface area (Å²) in [5.41, 5.74) is 8.08. The van der Waals surface area contributed by atoms with Gasteiger partial charge >= 0.3 is 6.03 Å². The van der Waals surface area contributed by atoms with E-state index < -0.39 is 0 Å². The summed E-state index contributed by atoms with van der Waals surface area (Å²) in [5.74, 6) is 0. The zero-order chi connectivity index (χ0) is 24.8. The molecule has 1 fully saturated rings. The van der Waals surface area contributed by atoms with Crippen LogP contribution in [-0.2, 0) is 0 Å². The monoisotopic (exact) mass is 501 g/mol. The molecule has 36 heavy (non-hydrogen) atoms. The van der Waals surface area contributed by atoms with Gasteiger partial charge in [0, 0.05) is 61.2 Å². The predicted molar refractivity (Wildman–Crippen MR) is 147 cm³/mol. The molecule has 186 valence electrons. The van der Waals surface area contributed by atoms with Gasteiger partial charge in [0.15, 0.2) is 0 Å². The molecule has 5 heterocycles. The van der Waals surface area contributed by atoms with Crippen molar-refractivity contribution in [1.82, 2.24) is 29.7 Å². The van der Waals surface area contributed by atoms with Crippen LogP contribution >= 0.6 is 11.3 Å². The average Bonchev–Trinajstić information content (AvgIpc) is 3.54. The number of urea groups is 1. The minimum Gasteiger partial charge on any atom is -0.355 e. The van der Waals surface area contributed by atoms with E-state index in [0.29, 0.717) is 18.6 Å². The maximum absolute atomic E-state index is 13.2. The lowest BCUT2D eigenvalue weighted by molar-refractivity contribution is 0.0640. The molecule has 0 radical (unpaired) electrons. The topological polar surface area (TPSA) is 80.4 Å². The summed E-state index contributed by atoms with van der Waals surface area (Å²) in [5, 5.41) is 4.60. The van der Waals surface area contributed by atoms with Gasteiger partial charge in [-0.3, -0.25) is 4.90 Å². The number of aromatic nitrogens is 3. The third-order valence-electron chi connectivity index (χ3n) is 7.60. The first kappa shape index (κ1) is 23.0. The molecule has 2 atom stereocenters. The highest BCUT2D eigenvalue weighted by Gasteiger charge is 2.32. The number of carbonyl (C=O) groups is 1. The number of aromatic amines is 1. The highest BCUT2D eigenvalue weighted by molar-refractivity contribution is 7.16. The maximum atomic E-state index is 13.2. The third-order valence-corrected chi connectivity index (χ3v) is 8.39. The lowest BCUT2D eigenvalue weighted by Gasteiger charge is -2.44. The fourth-order valence-corrected chi connectivity index (χ4v) is 5.96. The van der Waals surface area contributed by atoms with Gasteiger partial charge in [-0.2, -0.15) is 0 Å². The minimum atomic E-state index is 0.153. The molecule has 0 aliphatic carbocycles. The van der Waals surface area contributed by atoms with Crippen molar-refractivity contribution in [2.45, 2.75) is 32.4 Å². The fourth-order valence-electron chi connectivity index (χ4n) is 5.25. The number of benzene rings is 1. The van der Waals surface area contributed by atoms with Crippen molar-refractivity contribution in [1.29, 1.82) is 0 Å². The van der Waals surface area contributed by atoms with Gasteiger partial charge in [-0.25, -0.2) is 14.8 Å². The molecule has 2 unspecified atom stereocenters. The third kappa shape index (κ3) is 4.22. The zero-order valence-electron chi connectivity index (χ0n) is 20.9. The van der Waals surface area contributed by atoms with E-state index in [-0.39, 0.29) is 6.03 Å². The van der Waals surface area contributed by atoms with Gasteiger partial charge in [0.1, 0.15) is 5.65 Å². The minimum absolute atomic E-state index is 0.153. The molecule has 4 aromatic rings. The summed E-state index contributed by atoms with van der Waals surface area (Å²) in [6, 6.07) is 11.3. The van der Waals surface area contributed by atoms with Crippen molar-refractivity contribution in [3.05, 3.63) is 53.8 Å². The number of nitrogens with one attached hydrogen (secondary N) is 2. The first-order chi connectivity index (χ1) is 17.5. The SMILES string of the molecule is CC1CN(C(=O)N2CC=C(c3cc4c(Nc5ccc6ncsc6c5)ccnc4[nH]3)CC2)CC(C)N1C. The van der Waals surface area contributed by atoms with Crippen LogP contribution < -0.4 is 5.32 Å². The molecular formula is C27H31N7OS. The van der Waals surface area contributed by atoms with Crippen LogP contribution in [-0.4, -0.2) is 81.0 Å². The second-order valence-electron chi connectivity index (χ2n) is 9.94. The summed E-state index contributed by atoms with van der Waals surface area (Å²) in [6.07, 6.45) is 4.83. The number of carbonyl (C=O) groups excluding carboxylic acids is 1. The molecule has 0 saturated carbocycles. The number of hydrogen-bond acceptors (Lipinski definition) is 6. The predicted octanol–water partition coefficient (Wildman–Crippen LogP) is 5.15. The van der Waals surface area contributed by atoms with Crippen molar-refractivity contribution < 1.29 is 4.79 Å². The van der Waals surface area contributed by atoms with Crippen LogP contribution in [0.25, 0.3) is 26.8 Å². The van der Waals surface area contributed by atoms with E-state index in [2.05, 4.69) is 70.3 Å². The molecule has 0 spiro atoms. The van der Waals surface area contributed by atoms with Crippen molar-refractivity contribution in [3.8, 4) is 0 Å². The Kier molecular flexibility index (Phi) is 5.89. The van der Waals surface area contributed by atoms with Gasteiger partial charge in [-0.15, -0.1) is 11.3 Å². The number of rotatable bonds is 3. The summed E-state index contributed by atoms with van der Waals surface area (Å²) in [4.78, 5) is 31.9. The van der Waals surface area contributed by atoms with Crippen molar-refractivity contribution >= 4 is 55.6 Å². The van der Waals surface area contributed by atoms with E-state index >= 15 is 0 Å². The molecule has 2 amide bonds. The molecule has 1 saturated heterocycles. The smallest absolute Gasteiger partial charge is 0.320 e. The molecule has 3 aromatic heterocycles. The number of pyridine rings is 1. The Balaban J connectivity index is 1.18. The molecule has 9 heteroatoms. The van der Waals surface area contributed by atoms with Crippen LogP contribution in [0.3, 0.4) is 0 Å². The molecule has 1 aromatic carbocycles. The highest BCUT2D eigenvalue weighted by Crippen LogP contribution is 2.32. The second-order valence-corrected chi connectivity index (χ2v) is 10.8. The molecule has 2 aliphatic rings. The van der Waals surface area contributed by atoms with Crippen LogP contribution in [0.15, 0.2) is 48.1 Å². The average molecular weight is 502 g/mol. The number of anilines is 2. The lowest BCUT2D eigenvalue weighted by atomic mass is 10.0. The normalized spacial score (nSPS) is 21.2. The van der Waals surface area contributed by atoms with E-state index in [1.165, 1.54) is 5.57 Å².